The molecule has 2 rings (SSSR count). The van der Waals surface area contributed by atoms with E-state index in [1.807, 2.05) is 6.92 Å². The van der Waals surface area contributed by atoms with E-state index in [9.17, 15) is 13.2 Å². The summed E-state index contributed by atoms with van der Waals surface area (Å²) in [4.78, 5) is 11.2. The standard InChI is InChI=1S/C16H24N2O3S/c1-3-10-18(12-15-4-5-15)22(20,21)16-8-6-14(7-9-16)11-17-13(2)19/h6-9,15H,3-5,10-12H2,1-2H3,(H,17,19). The molecule has 0 aromatic heterocycles. The average molecular weight is 324 g/mol. The van der Waals surface area contributed by atoms with Crippen molar-refractivity contribution in [1.82, 2.24) is 9.62 Å². The quantitative estimate of drug-likeness (QED) is 0.796. The van der Waals surface area contributed by atoms with Gasteiger partial charge in [0.25, 0.3) is 0 Å². The molecule has 122 valence electrons. The number of hydrogen-bond donors (Lipinski definition) is 1. The average Bonchev–Trinajstić information content (AvgIpc) is 3.29. The summed E-state index contributed by atoms with van der Waals surface area (Å²) in [7, 11) is -3.42. The molecule has 0 unspecified atom stereocenters. The lowest BCUT2D eigenvalue weighted by Gasteiger charge is -2.21. The molecule has 1 aromatic rings. The molecule has 1 aliphatic rings. The van der Waals surface area contributed by atoms with E-state index < -0.39 is 10.0 Å². The summed E-state index contributed by atoms with van der Waals surface area (Å²) in [6.07, 6.45) is 3.07. The fourth-order valence-electron chi connectivity index (χ4n) is 2.30. The highest BCUT2D eigenvalue weighted by atomic mass is 32.2. The zero-order valence-electron chi connectivity index (χ0n) is 13.2. The second-order valence-corrected chi connectivity index (χ2v) is 7.80. The van der Waals surface area contributed by atoms with Gasteiger partial charge in [-0.25, -0.2) is 8.42 Å². The van der Waals surface area contributed by atoms with Gasteiger partial charge in [-0.15, -0.1) is 0 Å². The van der Waals surface area contributed by atoms with Crippen LogP contribution in [0.2, 0.25) is 0 Å². The number of carbonyl (C=O) groups excluding carboxylic acids is 1. The van der Waals surface area contributed by atoms with Gasteiger partial charge in [-0.2, -0.15) is 4.31 Å². The number of carbonyl (C=O) groups is 1. The van der Waals surface area contributed by atoms with E-state index in [1.165, 1.54) is 6.92 Å². The second kappa shape index (κ2) is 7.24. The van der Waals surface area contributed by atoms with Crippen molar-refractivity contribution in [2.45, 2.75) is 44.6 Å². The van der Waals surface area contributed by atoms with Crippen LogP contribution in [0.4, 0.5) is 0 Å². The molecule has 1 aliphatic carbocycles. The Kier molecular flexibility index (Phi) is 5.58. The molecule has 1 N–H and O–H groups in total. The molecule has 0 saturated heterocycles. The molecule has 22 heavy (non-hydrogen) atoms. The Hall–Kier alpha value is -1.40. The number of hydrogen-bond acceptors (Lipinski definition) is 3. The predicted octanol–water partition coefficient (Wildman–Crippen LogP) is 2.13. The first-order valence-corrected chi connectivity index (χ1v) is 9.21. The van der Waals surface area contributed by atoms with Crippen LogP contribution in [-0.4, -0.2) is 31.7 Å². The number of benzene rings is 1. The van der Waals surface area contributed by atoms with E-state index in [0.29, 0.717) is 30.4 Å². The van der Waals surface area contributed by atoms with Gasteiger partial charge in [-0.1, -0.05) is 19.1 Å². The Morgan fingerprint density at radius 2 is 1.91 bits per heavy atom. The third-order valence-electron chi connectivity index (χ3n) is 3.73. The molecule has 0 spiro atoms. The fourth-order valence-corrected chi connectivity index (χ4v) is 3.91. The zero-order valence-corrected chi connectivity index (χ0v) is 14.0. The molecule has 6 heteroatoms. The van der Waals surface area contributed by atoms with Gasteiger partial charge in [0.15, 0.2) is 0 Å². The monoisotopic (exact) mass is 324 g/mol. The fraction of sp³-hybridized carbons (Fsp3) is 0.562. The number of amides is 1. The van der Waals surface area contributed by atoms with Crippen LogP contribution in [0.25, 0.3) is 0 Å². The van der Waals surface area contributed by atoms with Gasteiger partial charge >= 0.3 is 0 Å². The van der Waals surface area contributed by atoms with Crippen molar-refractivity contribution in [3.63, 3.8) is 0 Å². The molecule has 0 atom stereocenters. The largest absolute Gasteiger partial charge is 0.352 e. The van der Waals surface area contributed by atoms with Crippen LogP contribution in [0.1, 0.15) is 38.7 Å². The summed E-state index contributed by atoms with van der Waals surface area (Å²) < 4.78 is 27.0. The molecule has 0 heterocycles. The summed E-state index contributed by atoms with van der Waals surface area (Å²) >= 11 is 0. The maximum atomic E-state index is 12.7. The lowest BCUT2D eigenvalue weighted by molar-refractivity contribution is -0.119. The van der Waals surface area contributed by atoms with Gasteiger partial charge in [0.2, 0.25) is 15.9 Å². The van der Waals surface area contributed by atoms with E-state index in [1.54, 1.807) is 28.6 Å². The molecular formula is C16H24N2O3S. The summed E-state index contributed by atoms with van der Waals surface area (Å²) in [6.45, 7) is 5.05. The molecule has 5 nitrogen and oxygen atoms in total. The van der Waals surface area contributed by atoms with Crippen molar-refractivity contribution in [1.29, 1.82) is 0 Å². The minimum atomic E-state index is -3.42. The molecule has 0 bridgehead atoms. The van der Waals surface area contributed by atoms with E-state index >= 15 is 0 Å². The molecule has 1 saturated carbocycles. The minimum absolute atomic E-state index is 0.102. The van der Waals surface area contributed by atoms with E-state index in [-0.39, 0.29) is 5.91 Å². The number of sulfonamides is 1. The highest BCUT2D eigenvalue weighted by Gasteiger charge is 2.31. The third-order valence-corrected chi connectivity index (χ3v) is 5.61. The van der Waals surface area contributed by atoms with E-state index in [2.05, 4.69) is 5.32 Å². The maximum absolute atomic E-state index is 12.7. The molecule has 0 aliphatic heterocycles. The van der Waals surface area contributed by atoms with Crippen molar-refractivity contribution in [2.24, 2.45) is 5.92 Å². The topological polar surface area (TPSA) is 66.5 Å². The van der Waals surface area contributed by atoms with Crippen LogP contribution in [0.3, 0.4) is 0 Å². The summed E-state index contributed by atoms with van der Waals surface area (Å²) in [6, 6.07) is 6.76. The first kappa shape index (κ1) is 17.0. The smallest absolute Gasteiger partial charge is 0.243 e. The highest BCUT2D eigenvalue weighted by Crippen LogP contribution is 2.31. The molecule has 1 amide bonds. The van der Waals surface area contributed by atoms with Crippen LogP contribution < -0.4 is 5.32 Å². The highest BCUT2D eigenvalue weighted by molar-refractivity contribution is 7.89. The predicted molar refractivity (Wildman–Crippen MR) is 85.7 cm³/mol. The summed E-state index contributed by atoms with van der Waals surface area (Å²) in [5.74, 6) is 0.426. The van der Waals surface area contributed by atoms with Crippen LogP contribution in [-0.2, 0) is 21.4 Å². The summed E-state index contributed by atoms with van der Waals surface area (Å²) in [5.41, 5.74) is 0.887. The van der Waals surface area contributed by atoms with Gasteiger partial charge in [0.1, 0.15) is 0 Å². The number of nitrogens with zero attached hydrogens (tertiary/aromatic N) is 1. The zero-order chi connectivity index (χ0) is 16.2. The molecule has 1 fully saturated rings. The first-order chi connectivity index (χ1) is 10.4. The lowest BCUT2D eigenvalue weighted by atomic mass is 10.2. The van der Waals surface area contributed by atoms with Crippen molar-refractivity contribution < 1.29 is 13.2 Å². The lowest BCUT2D eigenvalue weighted by Crippen LogP contribution is -2.33. The van der Waals surface area contributed by atoms with Crippen LogP contribution in [0.5, 0.6) is 0 Å². The van der Waals surface area contributed by atoms with Gasteiger partial charge < -0.3 is 5.32 Å². The molecule has 1 aromatic carbocycles. The Labute approximate surface area is 132 Å². The van der Waals surface area contributed by atoms with Gasteiger partial charge in [-0.3, -0.25) is 4.79 Å². The van der Waals surface area contributed by atoms with E-state index in [0.717, 1.165) is 24.8 Å². The van der Waals surface area contributed by atoms with Crippen molar-refractivity contribution >= 4 is 15.9 Å². The molecular weight excluding hydrogens is 300 g/mol. The van der Waals surface area contributed by atoms with Crippen LogP contribution >= 0.6 is 0 Å². The maximum Gasteiger partial charge on any atom is 0.243 e. The van der Waals surface area contributed by atoms with Gasteiger partial charge in [0.05, 0.1) is 4.90 Å². The first-order valence-electron chi connectivity index (χ1n) is 7.77. The third kappa shape index (κ3) is 4.55. The Morgan fingerprint density at radius 1 is 1.27 bits per heavy atom. The van der Waals surface area contributed by atoms with Crippen molar-refractivity contribution in [3.8, 4) is 0 Å². The van der Waals surface area contributed by atoms with Crippen molar-refractivity contribution in [2.75, 3.05) is 13.1 Å². The van der Waals surface area contributed by atoms with Crippen LogP contribution in [0.15, 0.2) is 29.2 Å². The Bertz CT molecular complexity index is 607. The van der Waals surface area contributed by atoms with Crippen molar-refractivity contribution in [3.05, 3.63) is 29.8 Å². The normalized spacial score (nSPS) is 15.0. The van der Waals surface area contributed by atoms with Gasteiger partial charge in [-0.05, 0) is 42.9 Å². The number of rotatable bonds is 8. The number of nitrogens with one attached hydrogen (secondary N) is 1. The van der Waals surface area contributed by atoms with Gasteiger partial charge in [0, 0.05) is 26.6 Å². The Morgan fingerprint density at radius 3 is 2.41 bits per heavy atom. The second-order valence-electron chi connectivity index (χ2n) is 5.86. The van der Waals surface area contributed by atoms with E-state index in [4.69, 9.17) is 0 Å². The Balaban J connectivity index is 2.11. The molecule has 0 radical (unpaired) electrons. The van der Waals surface area contributed by atoms with Crippen LogP contribution in [0, 0.1) is 5.92 Å². The summed E-state index contributed by atoms with van der Waals surface area (Å²) in [5, 5.41) is 2.70. The SMILES string of the molecule is CCCN(CC1CC1)S(=O)(=O)c1ccc(CNC(C)=O)cc1. The minimum Gasteiger partial charge on any atom is -0.352 e.